The van der Waals surface area contributed by atoms with E-state index in [0.29, 0.717) is 0 Å². The van der Waals surface area contributed by atoms with Gasteiger partial charge in [-0.1, -0.05) is 18.2 Å². The maximum absolute atomic E-state index is 9.36. The molecule has 0 radical (unpaired) electrons. The van der Waals surface area contributed by atoms with E-state index in [-0.39, 0.29) is 5.75 Å². The van der Waals surface area contributed by atoms with Gasteiger partial charge in [-0.3, -0.25) is 0 Å². The van der Waals surface area contributed by atoms with Gasteiger partial charge in [-0.15, -0.1) is 0 Å². The lowest BCUT2D eigenvalue weighted by atomic mass is 10.2. The highest BCUT2D eigenvalue weighted by Gasteiger charge is 1.96. The molecule has 0 fully saturated rings. The highest BCUT2D eigenvalue weighted by molar-refractivity contribution is 5.46. The van der Waals surface area contributed by atoms with Crippen LogP contribution in [0.15, 0.2) is 58.8 Å². The van der Waals surface area contributed by atoms with E-state index >= 15 is 0 Å². The van der Waals surface area contributed by atoms with Crippen LogP contribution in [0.25, 0.3) is 0 Å². The minimum atomic E-state index is 0.277. The summed E-state index contributed by atoms with van der Waals surface area (Å²) in [4.78, 5) is 0. The number of phenolic OH excluding ortho intramolecular Hbond substituents is 1. The SMILES string of the molecule is Cc1cc(N=Nc2ccccc2)ccc1O. The van der Waals surface area contributed by atoms with Gasteiger partial charge in [-0.2, -0.15) is 10.2 Å². The topological polar surface area (TPSA) is 45.0 Å². The van der Waals surface area contributed by atoms with Crippen LogP contribution in [0.5, 0.6) is 5.75 Å². The summed E-state index contributed by atoms with van der Waals surface area (Å²) in [5.74, 6) is 0.277. The lowest BCUT2D eigenvalue weighted by Crippen LogP contribution is -1.72. The van der Waals surface area contributed by atoms with Crippen molar-refractivity contribution < 1.29 is 5.11 Å². The molecule has 0 aliphatic carbocycles. The lowest BCUT2D eigenvalue weighted by Gasteiger charge is -1.98. The predicted molar refractivity (Wildman–Crippen MR) is 63.5 cm³/mol. The predicted octanol–water partition coefficient (Wildman–Crippen LogP) is 4.12. The third-order valence-corrected chi connectivity index (χ3v) is 2.22. The van der Waals surface area contributed by atoms with Gasteiger partial charge in [0.25, 0.3) is 0 Å². The molecule has 0 aliphatic rings. The zero-order chi connectivity index (χ0) is 11.4. The fourth-order valence-corrected chi connectivity index (χ4v) is 1.31. The number of rotatable bonds is 2. The molecule has 0 bridgehead atoms. The van der Waals surface area contributed by atoms with E-state index in [1.807, 2.05) is 37.3 Å². The second-order valence-electron chi connectivity index (χ2n) is 3.51. The van der Waals surface area contributed by atoms with Crippen LogP contribution in [0.2, 0.25) is 0 Å². The summed E-state index contributed by atoms with van der Waals surface area (Å²) in [6.45, 7) is 1.83. The number of hydrogen-bond acceptors (Lipinski definition) is 3. The fraction of sp³-hybridized carbons (Fsp3) is 0.0769. The van der Waals surface area contributed by atoms with Crippen LogP contribution in [0.1, 0.15) is 5.56 Å². The van der Waals surface area contributed by atoms with Crippen molar-refractivity contribution in [2.75, 3.05) is 0 Å². The Hall–Kier alpha value is -2.16. The van der Waals surface area contributed by atoms with Crippen LogP contribution < -0.4 is 0 Å². The first-order valence-electron chi connectivity index (χ1n) is 5.02. The third kappa shape index (κ3) is 2.45. The minimum Gasteiger partial charge on any atom is -0.508 e. The highest BCUT2D eigenvalue weighted by Crippen LogP contribution is 2.23. The summed E-state index contributed by atoms with van der Waals surface area (Å²) in [5.41, 5.74) is 2.34. The van der Waals surface area contributed by atoms with Crippen LogP contribution in [0.3, 0.4) is 0 Å². The monoisotopic (exact) mass is 212 g/mol. The average Bonchev–Trinajstić information content (AvgIpc) is 2.32. The molecule has 16 heavy (non-hydrogen) atoms. The van der Waals surface area contributed by atoms with E-state index in [1.165, 1.54) is 0 Å². The van der Waals surface area contributed by atoms with Gasteiger partial charge >= 0.3 is 0 Å². The minimum absolute atomic E-state index is 0.277. The van der Waals surface area contributed by atoms with E-state index in [4.69, 9.17) is 0 Å². The maximum atomic E-state index is 9.36. The molecule has 0 heterocycles. The molecule has 2 aromatic carbocycles. The first-order chi connectivity index (χ1) is 7.75. The number of nitrogens with zero attached hydrogens (tertiary/aromatic N) is 2. The third-order valence-electron chi connectivity index (χ3n) is 2.22. The van der Waals surface area contributed by atoms with Gasteiger partial charge < -0.3 is 5.11 Å². The summed E-state index contributed by atoms with van der Waals surface area (Å²) in [7, 11) is 0. The number of aromatic hydroxyl groups is 1. The Morgan fingerprint density at radius 2 is 1.56 bits per heavy atom. The Kier molecular flexibility index (Phi) is 2.96. The first kappa shape index (κ1) is 10.4. The van der Waals surface area contributed by atoms with Gasteiger partial charge in [0, 0.05) is 0 Å². The van der Waals surface area contributed by atoms with Crippen LogP contribution >= 0.6 is 0 Å². The Balaban J connectivity index is 2.21. The Morgan fingerprint density at radius 3 is 2.25 bits per heavy atom. The summed E-state index contributed by atoms with van der Waals surface area (Å²) in [6.07, 6.45) is 0. The Labute approximate surface area is 94.1 Å². The average molecular weight is 212 g/mol. The van der Waals surface area contributed by atoms with Crippen molar-refractivity contribution in [2.45, 2.75) is 6.92 Å². The zero-order valence-corrected chi connectivity index (χ0v) is 8.96. The number of benzene rings is 2. The second-order valence-corrected chi connectivity index (χ2v) is 3.51. The first-order valence-corrected chi connectivity index (χ1v) is 5.02. The molecule has 2 aromatic rings. The molecule has 0 unspecified atom stereocenters. The highest BCUT2D eigenvalue weighted by atomic mass is 16.3. The maximum Gasteiger partial charge on any atom is 0.118 e. The molecular formula is C13H12N2O. The fourth-order valence-electron chi connectivity index (χ4n) is 1.31. The van der Waals surface area contributed by atoms with Crippen molar-refractivity contribution in [2.24, 2.45) is 10.2 Å². The molecule has 3 nitrogen and oxygen atoms in total. The van der Waals surface area contributed by atoms with Gasteiger partial charge in [-0.25, -0.2) is 0 Å². The van der Waals surface area contributed by atoms with E-state index in [1.54, 1.807) is 18.2 Å². The normalized spacial score (nSPS) is 10.8. The van der Waals surface area contributed by atoms with Crippen LogP contribution in [-0.2, 0) is 0 Å². The van der Waals surface area contributed by atoms with Crippen LogP contribution in [-0.4, -0.2) is 5.11 Å². The van der Waals surface area contributed by atoms with E-state index in [0.717, 1.165) is 16.9 Å². The molecule has 0 saturated carbocycles. The molecule has 2 rings (SSSR count). The summed E-state index contributed by atoms with van der Waals surface area (Å²) in [5, 5.41) is 17.5. The van der Waals surface area contributed by atoms with Gasteiger partial charge in [-0.05, 0) is 42.8 Å². The van der Waals surface area contributed by atoms with E-state index in [2.05, 4.69) is 10.2 Å². The van der Waals surface area contributed by atoms with E-state index in [9.17, 15) is 5.11 Å². The molecule has 0 spiro atoms. The molecule has 0 aliphatic heterocycles. The molecule has 80 valence electrons. The van der Waals surface area contributed by atoms with Crippen molar-refractivity contribution in [1.29, 1.82) is 0 Å². The van der Waals surface area contributed by atoms with Crippen LogP contribution in [0, 0.1) is 6.92 Å². The number of phenols is 1. The second kappa shape index (κ2) is 4.57. The lowest BCUT2D eigenvalue weighted by molar-refractivity contribution is 0.471. The standard InChI is InChI=1S/C13H12N2O/c1-10-9-12(7-8-13(10)16)15-14-11-5-3-2-4-6-11/h2-9,16H,1H3. The van der Waals surface area contributed by atoms with Crippen molar-refractivity contribution in [3.05, 3.63) is 54.1 Å². The molecular weight excluding hydrogens is 200 g/mol. The van der Waals surface area contributed by atoms with Crippen LogP contribution in [0.4, 0.5) is 11.4 Å². The van der Waals surface area contributed by atoms with Crippen molar-refractivity contribution in [3.8, 4) is 5.75 Å². The molecule has 1 N–H and O–H groups in total. The quantitative estimate of drug-likeness (QED) is 0.748. The van der Waals surface area contributed by atoms with Gasteiger partial charge in [0.15, 0.2) is 0 Å². The van der Waals surface area contributed by atoms with Gasteiger partial charge in [0.05, 0.1) is 11.4 Å². The Morgan fingerprint density at radius 1 is 0.875 bits per heavy atom. The molecule has 0 amide bonds. The molecule has 0 aromatic heterocycles. The van der Waals surface area contributed by atoms with Gasteiger partial charge in [0.1, 0.15) is 5.75 Å². The summed E-state index contributed by atoms with van der Waals surface area (Å²) >= 11 is 0. The summed E-state index contributed by atoms with van der Waals surface area (Å²) in [6, 6.07) is 14.7. The number of aryl methyl sites for hydroxylation is 1. The molecule has 3 heteroatoms. The number of azo groups is 1. The Bertz CT molecular complexity index is 507. The summed E-state index contributed by atoms with van der Waals surface area (Å²) < 4.78 is 0. The smallest absolute Gasteiger partial charge is 0.118 e. The van der Waals surface area contributed by atoms with Gasteiger partial charge in [0.2, 0.25) is 0 Å². The van der Waals surface area contributed by atoms with Crippen molar-refractivity contribution in [1.82, 2.24) is 0 Å². The van der Waals surface area contributed by atoms with Crippen molar-refractivity contribution >= 4 is 11.4 Å². The largest absolute Gasteiger partial charge is 0.508 e. The molecule has 0 saturated heterocycles. The zero-order valence-electron chi connectivity index (χ0n) is 8.96. The molecule has 0 atom stereocenters. The number of hydrogen-bond donors (Lipinski definition) is 1. The van der Waals surface area contributed by atoms with Crippen molar-refractivity contribution in [3.63, 3.8) is 0 Å². The van der Waals surface area contributed by atoms with E-state index < -0.39 is 0 Å².